The molecular formula is C16H14ClFN2O3. The normalized spacial score (nSPS) is 10.0. The molecule has 5 nitrogen and oxygen atoms in total. The number of hydrogen-bond acceptors (Lipinski definition) is 3. The smallest absolute Gasteiger partial charge is 0.276 e. The standard InChI is InChI=1S/C16H14ClFN2O3/c17-12-3-7-14(8-4-12)23-10-16(22)20-19-15(21)9-11-1-5-13(18)6-2-11/h1-8H,9-10H2,(H,19,21)(H,20,22). The van der Waals surface area contributed by atoms with Gasteiger partial charge in [-0.05, 0) is 42.0 Å². The molecular weight excluding hydrogens is 323 g/mol. The van der Waals surface area contributed by atoms with Gasteiger partial charge in [-0.3, -0.25) is 20.4 Å². The average Bonchev–Trinajstić information content (AvgIpc) is 2.54. The van der Waals surface area contributed by atoms with Crippen LogP contribution in [0.1, 0.15) is 5.56 Å². The average molecular weight is 337 g/mol. The number of ether oxygens (including phenoxy) is 1. The molecule has 0 saturated carbocycles. The van der Waals surface area contributed by atoms with E-state index >= 15 is 0 Å². The van der Waals surface area contributed by atoms with Crippen molar-refractivity contribution in [2.24, 2.45) is 0 Å². The number of amides is 2. The molecule has 2 rings (SSSR count). The van der Waals surface area contributed by atoms with Gasteiger partial charge in [-0.25, -0.2) is 4.39 Å². The lowest BCUT2D eigenvalue weighted by molar-refractivity contribution is -0.129. The highest BCUT2D eigenvalue weighted by Crippen LogP contribution is 2.15. The first-order valence-corrected chi connectivity index (χ1v) is 7.11. The van der Waals surface area contributed by atoms with Crippen molar-refractivity contribution in [1.82, 2.24) is 10.9 Å². The second-order valence-corrected chi connectivity index (χ2v) is 5.08. The summed E-state index contributed by atoms with van der Waals surface area (Å²) in [5.41, 5.74) is 5.12. The van der Waals surface area contributed by atoms with E-state index in [0.29, 0.717) is 16.3 Å². The zero-order chi connectivity index (χ0) is 16.7. The fourth-order valence-electron chi connectivity index (χ4n) is 1.69. The first-order chi connectivity index (χ1) is 11.0. The quantitative estimate of drug-likeness (QED) is 0.823. The first-order valence-electron chi connectivity index (χ1n) is 6.73. The van der Waals surface area contributed by atoms with Crippen LogP contribution >= 0.6 is 11.6 Å². The van der Waals surface area contributed by atoms with Crippen molar-refractivity contribution in [2.45, 2.75) is 6.42 Å². The highest BCUT2D eigenvalue weighted by Gasteiger charge is 2.07. The van der Waals surface area contributed by atoms with Gasteiger partial charge in [-0.15, -0.1) is 0 Å². The molecule has 0 aliphatic rings. The summed E-state index contributed by atoms with van der Waals surface area (Å²) in [5.74, 6) is -0.812. The van der Waals surface area contributed by atoms with Crippen molar-refractivity contribution < 1.29 is 18.7 Å². The summed E-state index contributed by atoms with van der Waals surface area (Å²) < 4.78 is 18.0. The summed E-state index contributed by atoms with van der Waals surface area (Å²) in [4.78, 5) is 23.2. The van der Waals surface area contributed by atoms with E-state index in [-0.39, 0.29) is 18.8 Å². The molecule has 0 spiro atoms. The van der Waals surface area contributed by atoms with Crippen molar-refractivity contribution in [2.75, 3.05) is 6.61 Å². The number of benzene rings is 2. The van der Waals surface area contributed by atoms with Gasteiger partial charge in [0.2, 0.25) is 5.91 Å². The van der Waals surface area contributed by atoms with E-state index < -0.39 is 11.8 Å². The minimum Gasteiger partial charge on any atom is -0.484 e. The van der Waals surface area contributed by atoms with Crippen LogP contribution in [0.5, 0.6) is 5.75 Å². The fraction of sp³-hybridized carbons (Fsp3) is 0.125. The fourth-order valence-corrected chi connectivity index (χ4v) is 1.81. The van der Waals surface area contributed by atoms with E-state index in [0.717, 1.165) is 0 Å². The summed E-state index contributed by atoms with van der Waals surface area (Å²) >= 11 is 5.73. The Kier molecular flexibility index (Phi) is 5.94. The number of rotatable bonds is 5. The van der Waals surface area contributed by atoms with Crippen molar-refractivity contribution in [3.63, 3.8) is 0 Å². The third-order valence-electron chi connectivity index (χ3n) is 2.80. The third-order valence-corrected chi connectivity index (χ3v) is 3.05. The number of carbonyl (C=O) groups excluding carboxylic acids is 2. The number of hydrogen-bond donors (Lipinski definition) is 2. The topological polar surface area (TPSA) is 67.4 Å². The second-order valence-electron chi connectivity index (χ2n) is 4.64. The summed E-state index contributed by atoms with van der Waals surface area (Å²) in [6.45, 7) is -0.252. The summed E-state index contributed by atoms with van der Waals surface area (Å²) in [5, 5.41) is 0.565. The third kappa shape index (κ3) is 5.96. The van der Waals surface area contributed by atoms with Gasteiger partial charge < -0.3 is 4.74 Å². The van der Waals surface area contributed by atoms with Crippen LogP contribution in [0.2, 0.25) is 5.02 Å². The number of hydrazine groups is 1. The molecule has 0 unspecified atom stereocenters. The molecule has 0 heterocycles. The molecule has 0 atom stereocenters. The predicted octanol–water partition coefficient (Wildman–Crippen LogP) is 2.25. The van der Waals surface area contributed by atoms with Gasteiger partial charge in [0.15, 0.2) is 6.61 Å². The Morgan fingerprint density at radius 1 is 0.957 bits per heavy atom. The molecule has 0 aromatic heterocycles. The van der Waals surface area contributed by atoms with Gasteiger partial charge in [0.05, 0.1) is 6.42 Å². The van der Waals surface area contributed by atoms with E-state index in [1.165, 1.54) is 24.3 Å². The lowest BCUT2D eigenvalue weighted by atomic mass is 10.1. The maximum absolute atomic E-state index is 12.7. The van der Waals surface area contributed by atoms with Crippen molar-refractivity contribution >= 4 is 23.4 Å². The van der Waals surface area contributed by atoms with E-state index in [2.05, 4.69) is 10.9 Å². The van der Waals surface area contributed by atoms with Crippen LogP contribution < -0.4 is 15.6 Å². The van der Waals surface area contributed by atoms with Crippen LogP contribution in [0.25, 0.3) is 0 Å². The van der Waals surface area contributed by atoms with Gasteiger partial charge in [-0.2, -0.15) is 0 Å². The molecule has 0 aliphatic carbocycles. The van der Waals surface area contributed by atoms with Crippen molar-refractivity contribution in [3.8, 4) is 5.75 Å². The Hall–Kier alpha value is -2.60. The first kappa shape index (κ1) is 16.8. The van der Waals surface area contributed by atoms with E-state index in [1.807, 2.05) is 0 Å². The molecule has 7 heteroatoms. The summed E-state index contributed by atoms with van der Waals surface area (Å²) in [6, 6.07) is 12.1. The minimum absolute atomic E-state index is 0.0264. The maximum atomic E-state index is 12.7. The Labute approximate surface area is 137 Å². The van der Waals surface area contributed by atoms with E-state index in [1.54, 1.807) is 24.3 Å². The molecule has 0 radical (unpaired) electrons. The number of nitrogens with one attached hydrogen (secondary N) is 2. The molecule has 2 amide bonds. The number of halogens is 2. The maximum Gasteiger partial charge on any atom is 0.276 e. The molecule has 0 fully saturated rings. The van der Waals surface area contributed by atoms with E-state index in [4.69, 9.17) is 16.3 Å². The number of carbonyl (C=O) groups is 2. The monoisotopic (exact) mass is 336 g/mol. The van der Waals surface area contributed by atoms with Crippen LogP contribution in [-0.4, -0.2) is 18.4 Å². The van der Waals surface area contributed by atoms with Crippen molar-refractivity contribution in [3.05, 3.63) is 64.9 Å². The lowest BCUT2D eigenvalue weighted by Crippen LogP contribution is -2.44. The van der Waals surface area contributed by atoms with Crippen LogP contribution in [0.3, 0.4) is 0 Å². The van der Waals surface area contributed by atoms with Crippen molar-refractivity contribution in [1.29, 1.82) is 0 Å². The van der Waals surface area contributed by atoms with Gasteiger partial charge in [0, 0.05) is 5.02 Å². The molecule has 2 aromatic carbocycles. The Balaban J connectivity index is 1.70. The zero-order valence-corrected chi connectivity index (χ0v) is 12.8. The SMILES string of the molecule is O=C(COc1ccc(Cl)cc1)NNC(=O)Cc1ccc(F)cc1. The predicted molar refractivity (Wildman–Crippen MR) is 83.3 cm³/mol. The van der Waals surface area contributed by atoms with Crippen LogP contribution in [0, 0.1) is 5.82 Å². The molecule has 0 aliphatic heterocycles. The largest absolute Gasteiger partial charge is 0.484 e. The minimum atomic E-state index is -0.507. The highest BCUT2D eigenvalue weighted by atomic mass is 35.5. The van der Waals surface area contributed by atoms with Gasteiger partial charge in [0.25, 0.3) is 5.91 Å². The van der Waals surface area contributed by atoms with Crippen LogP contribution in [0.4, 0.5) is 4.39 Å². The summed E-state index contributed by atoms with van der Waals surface area (Å²) in [6.07, 6.45) is 0.0264. The van der Waals surface area contributed by atoms with E-state index in [9.17, 15) is 14.0 Å². The highest BCUT2D eigenvalue weighted by molar-refractivity contribution is 6.30. The van der Waals surface area contributed by atoms with Gasteiger partial charge in [-0.1, -0.05) is 23.7 Å². The van der Waals surface area contributed by atoms with Gasteiger partial charge >= 0.3 is 0 Å². The molecule has 0 bridgehead atoms. The zero-order valence-electron chi connectivity index (χ0n) is 12.0. The molecule has 120 valence electrons. The summed E-state index contributed by atoms with van der Waals surface area (Å²) in [7, 11) is 0. The Bertz CT molecular complexity index is 675. The van der Waals surface area contributed by atoms with Crippen LogP contribution in [-0.2, 0) is 16.0 Å². The lowest BCUT2D eigenvalue weighted by Gasteiger charge is -2.09. The molecule has 2 N–H and O–H groups in total. The second kappa shape index (κ2) is 8.14. The van der Waals surface area contributed by atoms with Gasteiger partial charge in [0.1, 0.15) is 11.6 Å². The molecule has 23 heavy (non-hydrogen) atoms. The molecule has 0 saturated heterocycles. The van der Waals surface area contributed by atoms with Crippen LogP contribution in [0.15, 0.2) is 48.5 Å². The Morgan fingerprint density at radius 3 is 2.22 bits per heavy atom. The Morgan fingerprint density at radius 2 is 1.57 bits per heavy atom. The molecule has 2 aromatic rings.